The Kier molecular flexibility index (Phi) is 5.41. The fourth-order valence-corrected chi connectivity index (χ4v) is 3.74. The highest BCUT2D eigenvalue weighted by atomic mass is 32.1. The van der Waals surface area contributed by atoms with Gasteiger partial charge in [-0.25, -0.2) is 4.98 Å². The molecule has 0 unspecified atom stereocenters. The highest BCUT2D eigenvalue weighted by molar-refractivity contribution is 7.13. The number of nitrogens with one attached hydrogen (secondary N) is 2. The van der Waals surface area contributed by atoms with Crippen LogP contribution in [0.15, 0.2) is 29.6 Å². The lowest BCUT2D eigenvalue weighted by molar-refractivity contribution is -0.116. The average Bonchev–Trinajstić information content (AvgIpc) is 3.01. The second-order valence-electron chi connectivity index (χ2n) is 6.16. The summed E-state index contributed by atoms with van der Waals surface area (Å²) in [4.78, 5) is 16.7. The van der Waals surface area contributed by atoms with Gasteiger partial charge in [0.2, 0.25) is 5.91 Å². The van der Waals surface area contributed by atoms with E-state index in [0.29, 0.717) is 12.3 Å². The summed E-state index contributed by atoms with van der Waals surface area (Å²) in [7, 11) is 0. The van der Waals surface area contributed by atoms with Gasteiger partial charge in [0.25, 0.3) is 0 Å². The number of benzene rings is 1. The molecule has 0 aliphatic carbocycles. The van der Waals surface area contributed by atoms with Crippen LogP contribution in [0.1, 0.15) is 31.4 Å². The zero-order chi connectivity index (χ0) is 16.1. The topological polar surface area (TPSA) is 54.0 Å². The van der Waals surface area contributed by atoms with E-state index in [9.17, 15) is 4.79 Å². The highest BCUT2D eigenvalue weighted by Crippen LogP contribution is 2.26. The van der Waals surface area contributed by atoms with Gasteiger partial charge in [-0.3, -0.25) is 4.79 Å². The van der Waals surface area contributed by atoms with E-state index in [4.69, 9.17) is 0 Å². The molecule has 1 aromatic heterocycles. The first-order valence-electron chi connectivity index (χ1n) is 8.24. The zero-order valence-corrected chi connectivity index (χ0v) is 14.3. The molecular weight excluding hydrogens is 306 g/mol. The third-order valence-electron chi connectivity index (χ3n) is 4.25. The van der Waals surface area contributed by atoms with Crippen LogP contribution in [0.4, 0.5) is 5.69 Å². The van der Waals surface area contributed by atoms with Gasteiger partial charge in [-0.15, -0.1) is 11.3 Å². The van der Waals surface area contributed by atoms with Gasteiger partial charge < -0.3 is 10.6 Å². The minimum atomic E-state index is 0.107. The fraction of sp³-hybridized carbons (Fsp3) is 0.444. The van der Waals surface area contributed by atoms with E-state index in [2.05, 4.69) is 15.6 Å². The minimum Gasteiger partial charge on any atom is -0.326 e. The molecule has 1 saturated heterocycles. The predicted molar refractivity (Wildman–Crippen MR) is 95.7 cm³/mol. The zero-order valence-electron chi connectivity index (χ0n) is 13.5. The molecule has 1 aromatic carbocycles. The molecule has 0 spiro atoms. The molecule has 4 nitrogen and oxygen atoms in total. The van der Waals surface area contributed by atoms with Gasteiger partial charge in [0.15, 0.2) is 0 Å². The van der Waals surface area contributed by atoms with Crippen LogP contribution in [0.25, 0.3) is 10.6 Å². The first-order valence-corrected chi connectivity index (χ1v) is 9.12. The number of anilines is 1. The lowest BCUT2D eigenvalue weighted by Crippen LogP contribution is -2.28. The van der Waals surface area contributed by atoms with Crippen molar-refractivity contribution in [1.29, 1.82) is 0 Å². The van der Waals surface area contributed by atoms with Crippen LogP contribution in [-0.2, 0) is 4.79 Å². The maximum atomic E-state index is 12.2. The molecule has 23 heavy (non-hydrogen) atoms. The SMILES string of the molecule is Cc1csc(-c2cccc(NC(=O)CCC3CCNCC3)c2)n1. The van der Waals surface area contributed by atoms with Crippen molar-refractivity contribution in [1.82, 2.24) is 10.3 Å². The first kappa shape index (κ1) is 16.1. The maximum Gasteiger partial charge on any atom is 0.224 e. The standard InChI is InChI=1S/C18H23N3OS/c1-13-12-23-18(20-13)15-3-2-4-16(11-15)21-17(22)6-5-14-7-9-19-10-8-14/h2-4,11-12,14,19H,5-10H2,1H3,(H,21,22). The summed E-state index contributed by atoms with van der Waals surface area (Å²) in [5, 5.41) is 9.42. The lowest BCUT2D eigenvalue weighted by Gasteiger charge is -2.22. The molecule has 2 N–H and O–H groups in total. The Morgan fingerprint density at radius 1 is 1.39 bits per heavy atom. The predicted octanol–water partition coefficient (Wildman–Crippen LogP) is 3.84. The van der Waals surface area contributed by atoms with Crippen molar-refractivity contribution in [2.24, 2.45) is 5.92 Å². The molecule has 0 radical (unpaired) electrons. The molecule has 0 bridgehead atoms. The third-order valence-corrected chi connectivity index (χ3v) is 5.26. The normalized spacial score (nSPS) is 15.5. The van der Waals surface area contributed by atoms with E-state index >= 15 is 0 Å². The summed E-state index contributed by atoms with van der Waals surface area (Å²) in [5.74, 6) is 0.794. The van der Waals surface area contributed by atoms with Crippen molar-refractivity contribution >= 4 is 22.9 Å². The minimum absolute atomic E-state index is 0.107. The number of aromatic nitrogens is 1. The van der Waals surface area contributed by atoms with Crippen LogP contribution >= 0.6 is 11.3 Å². The van der Waals surface area contributed by atoms with Crippen LogP contribution in [0.3, 0.4) is 0 Å². The third kappa shape index (κ3) is 4.62. The van der Waals surface area contributed by atoms with Crippen molar-refractivity contribution < 1.29 is 4.79 Å². The average molecular weight is 329 g/mol. The monoisotopic (exact) mass is 329 g/mol. The quantitative estimate of drug-likeness (QED) is 0.876. The van der Waals surface area contributed by atoms with Crippen LogP contribution in [-0.4, -0.2) is 24.0 Å². The van der Waals surface area contributed by atoms with Crippen molar-refractivity contribution in [3.05, 3.63) is 35.3 Å². The number of piperidine rings is 1. The number of amides is 1. The number of hydrogen-bond acceptors (Lipinski definition) is 4. The maximum absolute atomic E-state index is 12.2. The molecule has 2 aromatic rings. The smallest absolute Gasteiger partial charge is 0.224 e. The van der Waals surface area contributed by atoms with Gasteiger partial charge >= 0.3 is 0 Å². The second kappa shape index (κ2) is 7.70. The van der Waals surface area contributed by atoms with E-state index in [0.717, 1.165) is 41.5 Å². The fourth-order valence-electron chi connectivity index (χ4n) is 2.95. The van der Waals surface area contributed by atoms with Crippen molar-refractivity contribution in [3.63, 3.8) is 0 Å². The Hall–Kier alpha value is -1.72. The number of carbonyl (C=O) groups excluding carboxylic acids is 1. The molecule has 122 valence electrons. The molecule has 0 saturated carbocycles. The summed E-state index contributed by atoms with van der Waals surface area (Å²) in [6, 6.07) is 7.94. The van der Waals surface area contributed by atoms with Gasteiger partial charge in [0.1, 0.15) is 5.01 Å². The summed E-state index contributed by atoms with van der Waals surface area (Å²) in [6.07, 6.45) is 3.96. The van der Waals surface area contributed by atoms with Gasteiger partial charge in [-0.1, -0.05) is 12.1 Å². The Bertz CT molecular complexity index is 662. The van der Waals surface area contributed by atoms with E-state index in [1.807, 2.05) is 36.6 Å². The summed E-state index contributed by atoms with van der Waals surface area (Å²) < 4.78 is 0. The number of thiazole rings is 1. The van der Waals surface area contributed by atoms with E-state index < -0.39 is 0 Å². The molecular formula is C18H23N3OS. The molecule has 1 aliphatic heterocycles. The molecule has 1 fully saturated rings. The second-order valence-corrected chi connectivity index (χ2v) is 7.01. The Labute approximate surface area is 141 Å². The highest BCUT2D eigenvalue weighted by Gasteiger charge is 2.14. The summed E-state index contributed by atoms with van der Waals surface area (Å²) >= 11 is 1.63. The molecule has 1 amide bonds. The molecule has 3 rings (SSSR count). The number of hydrogen-bond donors (Lipinski definition) is 2. The van der Waals surface area contributed by atoms with Crippen LogP contribution < -0.4 is 10.6 Å². The van der Waals surface area contributed by atoms with Gasteiger partial charge in [-0.05, 0) is 57.3 Å². The van der Waals surface area contributed by atoms with Crippen molar-refractivity contribution in [3.8, 4) is 10.6 Å². The van der Waals surface area contributed by atoms with E-state index in [1.54, 1.807) is 11.3 Å². The Morgan fingerprint density at radius 3 is 2.96 bits per heavy atom. The molecule has 0 atom stereocenters. The van der Waals surface area contributed by atoms with Crippen LogP contribution in [0.5, 0.6) is 0 Å². The summed E-state index contributed by atoms with van der Waals surface area (Å²) in [6.45, 7) is 4.16. The number of aryl methyl sites for hydroxylation is 1. The van der Waals surface area contributed by atoms with E-state index in [1.165, 1.54) is 12.8 Å². The van der Waals surface area contributed by atoms with Crippen LogP contribution in [0.2, 0.25) is 0 Å². The van der Waals surface area contributed by atoms with Gasteiger partial charge in [0, 0.05) is 28.7 Å². The number of nitrogens with zero attached hydrogens (tertiary/aromatic N) is 1. The largest absolute Gasteiger partial charge is 0.326 e. The Balaban J connectivity index is 1.56. The van der Waals surface area contributed by atoms with Crippen LogP contribution in [0, 0.1) is 12.8 Å². The number of rotatable bonds is 5. The van der Waals surface area contributed by atoms with E-state index in [-0.39, 0.29) is 5.91 Å². The van der Waals surface area contributed by atoms with Gasteiger partial charge in [0.05, 0.1) is 0 Å². The molecule has 1 aliphatic rings. The first-order chi connectivity index (χ1) is 11.2. The van der Waals surface area contributed by atoms with Crippen molar-refractivity contribution in [2.75, 3.05) is 18.4 Å². The Morgan fingerprint density at radius 2 is 2.22 bits per heavy atom. The number of carbonyl (C=O) groups is 1. The lowest BCUT2D eigenvalue weighted by atomic mass is 9.93. The molecule has 2 heterocycles. The van der Waals surface area contributed by atoms with Gasteiger partial charge in [-0.2, -0.15) is 0 Å². The molecule has 5 heteroatoms. The summed E-state index contributed by atoms with van der Waals surface area (Å²) in [5.41, 5.74) is 2.94. The van der Waals surface area contributed by atoms with Crippen molar-refractivity contribution in [2.45, 2.75) is 32.6 Å².